The van der Waals surface area contributed by atoms with Crippen LogP contribution >= 0.6 is 23.1 Å². The molecule has 0 spiro atoms. The normalized spacial score (nSPS) is 12.6. The predicted molar refractivity (Wildman–Crippen MR) is 84.0 cm³/mol. The van der Waals surface area contributed by atoms with Gasteiger partial charge in [-0.05, 0) is 25.3 Å². The number of thioether (sulfide) groups is 1. The summed E-state index contributed by atoms with van der Waals surface area (Å²) in [6.45, 7) is 2.04. The minimum Gasteiger partial charge on any atom is -0.396 e. The monoisotopic (exact) mass is 295 g/mol. The van der Waals surface area contributed by atoms with Gasteiger partial charge >= 0.3 is 0 Å². The van der Waals surface area contributed by atoms with Crippen LogP contribution in [0.2, 0.25) is 0 Å². The summed E-state index contributed by atoms with van der Waals surface area (Å²) in [5, 5.41) is 0. The summed E-state index contributed by atoms with van der Waals surface area (Å²) >= 11 is 3.14. The van der Waals surface area contributed by atoms with E-state index in [9.17, 15) is 4.79 Å². The molecule has 2 rings (SSSR count). The number of nitrogens with two attached hydrogens (primary N) is 1. The van der Waals surface area contributed by atoms with E-state index in [1.165, 1.54) is 11.3 Å². The number of pyridine rings is 1. The van der Waals surface area contributed by atoms with Gasteiger partial charge in [-0.1, -0.05) is 0 Å². The van der Waals surface area contributed by atoms with Gasteiger partial charge in [-0.25, -0.2) is 0 Å². The number of carbonyl (C=O) groups is 1. The van der Waals surface area contributed by atoms with E-state index in [0.29, 0.717) is 10.6 Å². The maximum absolute atomic E-state index is 12.5. The van der Waals surface area contributed by atoms with Gasteiger partial charge in [0, 0.05) is 25.0 Å². The summed E-state index contributed by atoms with van der Waals surface area (Å²) in [7, 11) is 1.82. The van der Waals surface area contributed by atoms with Crippen molar-refractivity contribution in [2.24, 2.45) is 0 Å². The molecule has 0 aromatic carbocycles. The first-order chi connectivity index (χ1) is 9.06. The van der Waals surface area contributed by atoms with Crippen LogP contribution in [-0.4, -0.2) is 40.9 Å². The number of anilines is 1. The van der Waals surface area contributed by atoms with E-state index in [-0.39, 0.29) is 11.9 Å². The van der Waals surface area contributed by atoms with E-state index in [1.54, 1.807) is 22.9 Å². The van der Waals surface area contributed by atoms with Gasteiger partial charge in [-0.2, -0.15) is 11.8 Å². The lowest BCUT2D eigenvalue weighted by Crippen LogP contribution is -2.36. The first kappa shape index (κ1) is 14.1. The van der Waals surface area contributed by atoms with Crippen molar-refractivity contribution in [2.75, 3.05) is 24.8 Å². The third kappa shape index (κ3) is 2.69. The molecule has 1 atom stereocenters. The molecule has 0 aliphatic rings. The molecular formula is C13H17N3OS2. The highest BCUT2D eigenvalue weighted by atomic mass is 32.2. The smallest absolute Gasteiger partial charge is 0.266 e. The van der Waals surface area contributed by atoms with Crippen molar-refractivity contribution in [3.63, 3.8) is 0 Å². The minimum absolute atomic E-state index is 0.0259. The van der Waals surface area contributed by atoms with E-state index in [4.69, 9.17) is 5.73 Å². The topological polar surface area (TPSA) is 59.2 Å². The van der Waals surface area contributed by atoms with Crippen LogP contribution in [0.4, 0.5) is 5.69 Å². The first-order valence-corrected chi connectivity index (χ1v) is 8.16. The molecule has 0 aliphatic carbocycles. The Morgan fingerprint density at radius 2 is 2.37 bits per heavy atom. The van der Waals surface area contributed by atoms with Crippen molar-refractivity contribution in [1.82, 2.24) is 9.88 Å². The van der Waals surface area contributed by atoms with Crippen LogP contribution in [0.25, 0.3) is 10.2 Å². The van der Waals surface area contributed by atoms with Crippen molar-refractivity contribution < 1.29 is 4.79 Å². The van der Waals surface area contributed by atoms with E-state index in [1.807, 2.05) is 32.4 Å². The maximum Gasteiger partial charge on any atom is 0.266 e. The van der Waals surface area contributed by atoms with Crippen LogP contribution in [0.5, 0.6) is 0 Å². The predicted octanol–water partition coefficient (Wildman–Crippen LogP) is 2.70. The van der Waals surface area contributed by atoms with E-state index >= 15 is 0 Å². The van der Waals surface area contributed by atoms with Gasteiger partial charge in [-0.15, -0.1) is 11.3 Å². The van der Waals surface area contributed by atoms with Gasteiger partial charge in [0.15, 0.2) is 0 Å². The summed E-state index contributed by atoms with van der Waals surface area (Å²) in [6, 6.07) is 3.97. The Kier molecular flexibility index (Phi) is 4.31. The molecule has 0 saturated carbocycles. The molecule has 0 bridgehead atoms. The average molecular weight is 295 g/mol. The van der Waals surface area contributed by atoms with Crippen molar-refractivity contribution in [3.05, 3.63) is 23.2 Å². The van der Waals surface area contributed by atoms with E-state index in [2.05, 4.69) is 4.98 Å². The minimum atomic E-state index is -0.0259. The number of nitrogen functional groups attached to an aromatic ring is 1. The number of aromatic nitrogens is 1. The number of hydrogen-bond donors (Lipinski definition) is 1. The van der Waals surface area contributed by atoms with Crippen molar-refractivity contribution in [3.8, 4) is 0 Å². The van der Waals surface area contributed by atoms with Gasteiger partial charge in [-0.3, -0.25) is 9.78 Å². The van der Waals surface area contributed by atoms with Crippen LogP contribution in [-0.2, 0) is 0 Å². The van der Waals surface area contributed by atoms with Crippen LogP contribution in [0, 0.1) is 0 Å². The third-order valence-corrected chi connectivity index (χ3v) is 5.03. The zero-order chi connectivity index (χ0) is 14.0. The van der Waals surface area contributed by atoms with E-state index in [0.717, 1.165) is 16.0 Å². The Labute approximate surface area is 121 Å². The van der Waals surface area contributed by atoms with Crippen LogP contribution in [0.1, 0.15) is 16.6 Å². The fourth-order valence-electron chi connectivity index (χ4n) is 1.82. The number of thiophene rings is 1. The SMILES string of the molecule is CSCC(C)N(C)C(=O)c1sc2cccnc2c1N. The Hall–Kier alpha value is -1.27. The molecule has 0 radical (unpaired) electrons. The molecule has 2 heterocycles. The number of fused-ring (bicyclic) bond motifs is 1. The lowest BCUT2D eigenvalue weighted by Gasteiger charge is -2.23. The molecule has 2 aromatic heterocycles. The average Bonchev–Trinajstić information content (AvgIpc) is 2.75. The van der Waals surface area contributed by atoms with Gasteiger partial charge in [0.25, 0.3) is 5.91 Å². The molecule has 0 aliphatic heterocycles. The molecule has 1 amide bonds. The largest absolute Gasteiger partial charge is 0.396 e. The second-order valence-electron chi connectivity index (χ2n) is 4.42. The molecule has 0 fully saturated rings. The molecule has 2 aromatic rings. The van der Waals surface area contributed by atoms with E-state index < -0.39 is 0 Å². The van der Waals surface area contributed by atoms with Crippen molar-refractivity contribution in [2.45, 2.75) is 13.0 Å². The first-order valence-electron chi connectivity index (χ1n) is 5.95. The molecule has 4 nitrogen and oxygen atoms in total. The zero-order valence-corrected chi connectivity index (χ0v) is 12.8. The zero-order valence-electron chi connectivity index (χ0n) is 11.2. The van der Waals surface area contributed by atoms with Crippen LogP contribution < -0.4 is 5.73 Å². The fraction of sp³-hybridized carbons (Fsp3) is 0.385. The summed E-state index contributed by atoms with van der Waals surface area (Å²) in [5.74, 6) is 0.882. The Bertz CT molecular complexity index is 597. The summed E-state index contributed by atoms with van der Waals surface area (Å²) in [4.78, 5) is 19.0. The number of hydrogen-bond acceptors (Lipinski definition) is 5. The molecule has 0 saturated heterocycles. The standard InChI is InChI=1S/C13H17N3OS2/c1-8(7-18-3)16(2)13(17)12-10(14)11-9(19-12)5-4-6-15-11/h4-6,8H,7,14H2,1-3H3. The summed E-state index contributed by atoms with van der Waals surface area (Å²) in [5.41, 5.74) is 7.27. The van der Waals surface area contributed by atoms with Crippen LogP contribution in [0.15, 0.2) is 18.3 Å². The second kappa shape index (κ2) is 5.79. The number of rotatable bonds is 4. The highest BCUT2D eigenvalue weighted by Gasteiger charge is 2.23. The molecule has 1 unspecified atom stereocenters. The third-order valence-electron chi connectivity index (χ3n) is 3.07. The summed E-state index contributed by atoms with van der Waals surface area (Å²) < 4.78 is 0.953. The molecular weight excluding hydrogens is 278 g/mol. The lowest BCUT2D eigenvalue weighted by molar-refractivity contribution is 0.0763. The highest BCUT2D eigenvalue weighted by Crippen LogP contribution is 2.32. The molecule has 102 valence electrons. The fourth-order valence-corrected chi connectivity index (χ4v) is 3.59. The van der Waals surface area contributed by atoms with Crippen LogP contribution in [0.3, 0.4) is 0 Å². The molecule has 6 heteroatoms. The molecule has 19 heavy (non-hydrogen) atoms. The van der Waals surface area contributed by atoms with Gasteiger partial charge in [0.05, 0.1) is 10.4 Å². The quantitative estimate of drug-likeness (QED) is 0.942. The van der Waals surface area contributed by atoms with Crippen molar-refractivity contribution in [1.29, 1.82) is 0 Å². The number of carbonyl (C=O) groups excluding carboxylic acids is 1. The van der Waals surface area contributed by atoms with Gasteiger partial charge in [0.2, 0.25) is 0 Å². The second-order valence-corrected chi connectivity index (χ2v) is 6.38. The summed E-state index contributed by atoms with van der Waals surface area (Å²) in [6.07, 6.45) is 3.73. The van der Waals surface area contributed by atoms with Gasteiger partial charge in [0.1, 0.15) is 10.4 Å². The lowest BCUT2D eigenvalue weighted by atomic mass is 10.2. The Morgan fingerprint density at radius 1 is 1.63 bits per heavy atom. The van der Waals surface area contributed by atoms with Gasteiger partial charge < -0.3 is 10.6 Å². The van der Waals surface area contributed by atoms with Crippen molar-refractivity contribution >= 4 is 44.9 Å². The Morgan fingerprint density at radius 3 is 3.00 bits per heavy atom. The maximum atomic E-state index is 12.5. The molecule has 2 N–H and O–H groups in total. The number of nitrogens with zero attached hydrogens (tertiary/aromatic N) is 2. The highest BCUT2D eigenvalue weighted by molar-refractivity contribution is 7.98. The Balaban J connectivity index is 2.33. The number of amides is 1.